The smallest absolute Gasteiger partial charge is 0.258 e. The van der Waals surface area contributed by atoms with E-state index in [1.54, 1.807) is 30.6 Å². The number of ether oxygens (including phenoxy) is 1. The third-order valence-corrected chi connectivity index (χ3v) is 3.96. The van der Waals surface area contributed by atoms with Crippen molar-refractivity contribution in [2.24, 2.45) is 0 Å². The first-order valence-corrected chi connectivity index (χ1v) is 8.64. The van der Waals surface area contributed by atoms with Crippen LogP contribution in [0.15, 0.2) is 60.9 Å². The molecule has 2 aromatic carbocycles. The summed E-state index contributed by atoms with van der Waals surface area (Å²) in [5, 5.41) is 10.7. The predicted octanol–water partition coefficient (Wildman–Crippen LogP) is 2.56. The van der Waals surface area contributed by atoms with Gasteiger partial charge in [-0.2, -0.15) is 0 Å². The van der Waals surface area contributed by atoms with Crippen LogP contribution in [0.25, 0.3) is 5.69 Å². The van der Waals surface area contributed by atoms with Crippen LogP contribution in [0.3, 0.4) is 0 Å². The summed E-state index contributed by atoms with van der Waals surface area (Å²) in [5.74, 6) is 0.954. The Balaban J connectivity index is 1.51. The van der Waals surface area contributed by atoms with Gasteiger partial charge in [-0.15, -0.1) is 10.2 Å². The fourth-order valence-electron chi connectivity index (χ4n) is 2.50. The molecule has 0 fully saturated rings. The lowest BCUT2D eigenvalue weighted by molar-refractivity contribution is -0.123. The highest BCUT2D eigenvalue weighted by molar-refractivity contribution is 5.95. The van der Waals surface area contributed by atoms with Gasteiger partial charge in [0, 0.05) is 17.7 Å². The third-order valence-electron chi connectivity index (χ3n) is 3.96. The lowest BCUT2D eigenvalue weighted by Crippen LogP contribution is -2.29. The Kier molecular flexibility index (Phi) is 5.94. The standard InChI is InChI=1S/C20H20N4O3/c1-2-18(25)15-8-10-17(11-9-15)27-13-20(26)21-12-19-23-22-14-24(19)16-6-4-3-5-7-16/h3-11,14H,2,12-13H2,1H3,(H,21,26). The topological polar surface area (TPSA) is 86.1 Å². The summed E-state index contributed by atoms with van der Waals surface area (Å²) in [6, 6.07) is 16.4. The molecule has 0 unspecified atom stereocenters. The van der Waals surface area contributed by atoms with Crippen LogP contribution in [0.4, 0.5) is 0 Å². The van der Waals surface area contributed by atoms with Gasteiger partial charge in [0.1, 0.15) is 12.1 Å². The highest BCUT2D eigenvalue weighted by Crippen LogP contribution is 2.13. The molecule has 1 heterocycles. The van der Waals surface area contributed by atoms with Gasteiger partial charge in [-0.05, 0) is 36.4 Å². The molecule has 1 N–H and O–H groups in total. The maximum atomic E-state index is 12.0. The van der Waals surface area contributed by atoms with Crippen molar-refractivity contribution in [2.45, 2.75) is 19.9 Å². The Bertz CT molecular complexity index is 904. The molecule has 0 bridgehead atoms. The number of carbonyl (C=O) groups is 2. The molecule has 1 aromatic heterocycles. The molecule has 1 amide bonds. The number of ketones is 1. The molecule has 3 rings (SSSR count). The van der Waals surface area contributed by atoms with Gasteiger partial charge in [-0.25, -0.2) is 0 Å². The van der Waals surface area contributed by atoms with Gasteiger partial charge in [0.15, 0.2) is 18.2 Å². The molecular weight excluding hydrogens is 344 g/mol. The van der Waals surface area contributed by atoms with Crippen molar-refractivity contribution in [3.05, 3.63) is 72.3 Å². The van der Waals surface area contributed by atoms with Crippen LogP contribution < -0.4 is 10.1 Å². The van der Waals surface area contributed by atoms with Gasteiger partial charge in [0.25, 0.3) is 5.91 Å². The summed E-state index contributed by atoms with van der Waals surface area (Å²) in [4.78, 5) is 23.6. The van der Waals surface area contributed by atoms with Crippen molar-refractivity contribution < 1.29 is 14.3 Å². The first kappa shape index (κ1) is 18.3. The molecule has 27 heavy (non-hydrogen) atoms. The van der Waals surface area contributed by atoms with E-state index in [1.807, 2.05) is 41.8 Å². The summed E-state index contributed by atoms with van der Waals surface area (Å²) >= 11 is 0. The maximum absolute atomic E-state index is 12.0. The zero-order chi connectivity index (χ0) is 19.1. The molecule has 0 spiro atoms. The van der Waals surface area contributed by atoms with Crippen molar-refractivity contribution in [3.8, 4) is 11.4 Å². The Hall–Kier alpha value is -3.48. The number of nitrogens with zero attached hydrogens (tertiary/aromatic N) is 3. The normalized spacial score (nSPS) is 10.4. The van der Waals surface area contributed by atoms with Crippen molar-refractivity contribution in [1.82, 2.24) is 20.1 Å². The van der Waals surface area contributed by atoms with Crippen molar-refractivity contribution in [2.75, 3.05) is 6.61 Å². The molecule has 7 nitrogen and oxygen atoms in total. The minimum Gasteiger partial charge on any atom is -0.484 e. The molecule has 0 radical (unpaired) electrons. The molecule has 0 saturated carbocycles. The van der Waals surface area contributed by atoms with Crippen LogP contribution >= 0.6 is 0 Å². The van der Waals surface area contributed by atoms with E-state index < -0.39 is 0 Å². The Morgan fingerprint density at radius 3 is 2.52 bits per heavy atom. The van der Waals surface area contributed by atoms with Crippen LogP contribution in [-0.2, 0) is 11.3 Å². The van der Waals surface area contributed by atoms with Gasteiger partial charge < -0.3 is 10.1 Å². The van der Waals surface area contributed by atoms with E-state index in [-0.39, 0.29) is 24.8 Å². The number of hydrogen-bond donors (Lipinski definition) is 1. The van der Waals surface area contributed by atoms with E-state index in [0.717, 1.165) is 5.69 Å². The Labute approximate surface area is 157 Å². The minimum absolute atomic E-state index is 0.0711. The fraction of sp³-hybridized carbons (Fsp3) is 0.200. The van der Waals surface area contributed by atoms with Crippen molar-refractivity contribution >= 4 is 11.7 Å². The van der Waals surface area contributed by atoms with Crippen LogP contribution in [0.2, 0.25) is 0 Å². The van der Waals surface area contributed by atoms with E-state index in [2.05, 4.69) is 15.5 Å². The van der Waals surface area contributed by atoms with Crippen molar-refractivity contribution in [3.63, 3.8) is 0 Å². The van der Waals surface area contributed by atoms with E-state index in [4.69, 9.17) is 4.74 Å². The van der Waals surface area contributed by atoms with Gasteiger partial charge in [0.2, 0.25) is 0 Å². The number of nitrogens with one attached hydrogen (secondary N) is 1. The van der Waals surface area contributed by atoms with E-state index in [1.165, 1.54) is 0 Å². The Morgan fingerprint density at radius 1 is 1.07 bits per heavy atom. The van der Waals surface area contributed by atoms with Gasteiger partial charge in [0.05, 0.1) is 6.54 Å². The number of Topliss-reactive ketones (excluding diaryl/α,β-unsaturated/α-hetero) is 1. The monoisotopic (exact) mass is 364 g/mol. The largest absolute Gasteiger partial charge is 0.484 e. The summed E-state index contributed by atoms with van der Waals surface area (Å²) < 4.78 is 7.26. The molecule has 0 saturated heterocycles. The number of carbonyl (C=O) groups excluding carboxylic acids is 2. The van der Waals surface area contributed by atoms with Crippen LogP contribution in [0, 0.1) is 0 Å². The minimum atomic E-state index is -0.272. The first-order chi connectivity index (χ1) is 13.2. The maximum Gasteiger partial charge on any atom is 0.258 e. The number of hydrogen-bond acceptors (Lipinski definition) is 5. The summed E-state index contributed by atoms with van der Waals surface area (Å²) in [6.07, 6.45) is 2.06. The number of aromatic nitrogens is 3. The quantitative estimate of drug-likeness (QED) is 0.621. The van der Waals surface area contributed by atoms with Crippen LogP contribution in [0.1, 0.15) is 29.5 Å². The second-order valence-corrected chi connectivity index (χ2v) is 5.82. The first-order valence-electron chi connectivity index (χ1n) is 8.64. The third kappa shape index (κ3) is 4.78. The molecule has 3 aromatic rings. The summed E-state index contributed by atoms with van der Waals surface area (Å²) in [6.45, 7) is 1.93. The van der Waals surface area contributed by atoms with Gasteiger partial charge in [-0.1, -0.05) is 25.1 Å². The van der Waals surface area contributed by atoms with E-state index in [0.29, 0.717) is 23.6 Å². The Morgan fingerprint density at radius 2 is 1.81 bits per heavy atom. The highest BCUT2D eigenvalue weighted by Gasteiger charge is 2.09. The fourth-order valence-corrected chi connectivity index (χ4v) is 2.50. The summed E-state index contributed by atoms with van der Waals surface area (Å²) in [5.41, 5.74) is 1.55. The molecule has 0 aliphatic rings. The van der Waals surface area contributed by atoms with Crippen LogP contribution in [-0.4, -0.2) is 33.1 Å². The second-order valence-electron chi connectivity index (χ2n) is 5.82. The van der Waals surface area contributed by atoms with Gasteiger partial charge in [-0.3, -0.25) is 14.2 Å². The lowest BCUT2D eigenvalue weighted by Gasteiger charge is -2.09. The van der Waals surface area contributed by atoms with Gasteiger partial charge >= 0.3 is 0 Å². The molecule has 7 heteroatoms. The average molecular weight is 364 g/mol. The molecule has 0 atom stereocenters. The molecule has 138 valence electrons. The molecular formula is C20H20N4O3. The van der Waals surface area contributed by atoms with Crippen LogP contribution in [0.5, 0.6) is 5.75 Å². The zero-order valence-electron chi connectivity index (χ0n) is 15.0. The number of benzene rings is 2. The SMILES string of the molecule is CCC(=O)c1ccc(OCC(=O)NCc2nncn2-c2ccccc2)cc1. The second kappa shape index (κ2) is 8.75. The van der Waals surface area contributed by atoms with E-state index in [9.17, 15) is 9.59 Å². The predicted molar refractivity (Wildman–Crippen MR) is 99.8 cm³/mol. The number of para-hydroxylation sites is 1. The lowest BCUT2D eigenvalue weighted by atomic mass is 10.1. The van der Waals surface area contributed by atoms with Crippen molar-refractivity contribution in [1.29, 1.82) is 0 Å². The zero-order valence-corrected chi connectivity index (χ0v) is 15.0. The molecule has 0 aliphatic carbocycles. The summed E-state index contributed by atoms with van der Waals surface area (Å²) in [7, 11) is 0. The molecule has 0 aliphatic heterocycles. The average Bonchev–Trinajstić information content (AvgIpc) is 3.20. The van der Waals surface area contributed by atoms with E-state index >= 15 is 0 Å². The highest BCUT2D eigenvalue weighted by atomic mass is 16.5. The number of amides is 1. The number of rotatable bonds is 8.